The van der Waals surface area contributed by atoms with E-state index in [1.54, 1.807) is 12.1 Å². The van der Waals surface area contributed by atoms with E-state index < -0.39 is 0 Å². The molecule has 3 nitrogen and oxygen atoms in total. The van der Waals surface area contributed by atoms with Gasteiger partial charge in [0.25, 0.3) is 0 Å². The SMILES string of the molecule is CC(=O)c1ccc(N2CCC(O)C(C)C2)c(Cl)c1. The van der Waals surface area contributed by atoms with Gasteiger partial charge in [-0.15, -0.1) is 0 Å². The average molecular weight is 268 g/mol. The smallest absolute Gasteiger partial charge is 0.159 e. The molecule has 18 heavy (non-hydrogen) atoms. The third-order valence-corrected chi connectivity index (χ3v) is 3.86. The quantitative estimate of drug-likeness (QED) is 0.838. The molecule has 0 bridgehead atoms. The summed E-state index contributed by atoms with van der Waals surface area (Å²) in [6, 6.07) is 5.41. The standard InChI is InChI=1S/C14H18ClNO2/c1-9-8-16(6-5-14(9)18)13-4-3-11(10(2)17)7-12(13)15/h3-4,7,9,14,18H,5-6,8H2,1-2H3. The van der Waals surface area contributed by atoms with Gasteiger partial charge in [-0.25, -0.2) is 0 Å². The molecule has 98 valence electrons. The molecule has 0 spiro atoms. The first-order valence-corrected chi connectivity index (χ1v) is 6.60. The Balaban J connectivity index is 2.21. The van der Waals surface area contributed by atoms with Crippen LogP contribution in [-0.2, 0) is 0 Å². The van der Waals surface area contributed by atoms with Crippen molar-refractivity contribution in [1.29, 1.82) is 0 Å². The van der Waals surface area contributed by atoms with Crippen molar-refractivity contribution in [3.05, 3.63) is 28.8 Å². The highest BCUT2D eigenvalue weighted by Crippen LogP contribution is 2.30. The highest BCUT2D eigenvalue weighted by molar-refractivity contribution is 6.33. The summed E-state index contributed by atoms with van der Waals surface area (Å²) in [5.41, 5.74) is 1.58. The molecule has 1 aromatic carbocycles. The zero-order valence-electron chi connectivity index (χ0n) is 10.7. The molecule has 1 aliphatic heterocycles. The Hall–Kier alpha value is -1.06. The van der Waals surface area contributed by atoms with Gasteiger partial charge in [0.05, 0.1) is 16.8 Å². The maximum atomic E-state index is 11.3. The van der Waals surface area contributed by atoms with Gasteiger partial charge in [-0.3, -0.25) is 4.79 Å². The molecule has 0 aliphatic carbocycles. The number of anilines is 1. The molecule has 1 heterocycles. The van der Waals surface area contributed by atoms with E-state index in [4.69, 9.17) is 11.6 Å². The summed E-state index contributed by atoms with van der Waals surface area (Å²) in [5, 5.41) is 10.3. The molecule has 0 amide bonds. The fourth-order valence-corrected chi connectivity index (χ4v) is 2.63. The number of carbonyl (C=O) groups is 1. The van der Waals surface area contributed by atoms with Crippen molar-refractivity contribution >= 4 is 23.1 Å². The molecule has 1 fully saturated rings. The van der Waals surface area contributed by atoms with Crippen LogP contribution in [0.2, 0.25) is 5.02 Å². The summed E-state index contributed by atoms with van der Waals surface area (Å²) in [6.45, 7) is 5.16. The van der Waals surface area contributed by atoms with Crippen molar-refractivity contribution in [2.45, 2.75) is 26.4 Å². The minimum atomic E-state index is -0.225. The molecule has 1 saturated heterocycles. The topological polar surface area (TPSA) is 40.5 Å². The minimum Gasteiger partial charge on any atom is -0.393 e. The first-order valence-electron chi connectivity index (χ1n) is 6.22. The van der Waals surface area contributed by atoms with Crippen molar-refractivity contribution in [2.24, 2.45) is 5.92 Å². The van der Waals surface area contributed by atoms with Crippen LogP contribution in [0.1, 0.15) is 30.6 Å². The molecule has 1 aromatic rings. The van der Waals surface area contributed by atoms with Gasteiger partial charge in [0, 0.05) is 18.7 Å². The Morgan fingerprint density at radius 1 is 1.50 bits per heavy atom. The van der Waals surface area contributed by atoms with Crippen molar-refractivity contribution in [1.82, 2.24) is 0 Å². The lowest BCUT2D eigenvalue weighted by Crippen LogP contribution is -2.42. The van der Waals surface area contributed by atoms with E-state index in [9.17, 15) is 9.90 Å². The third kappa shape index (κ3) is 2.68. The fraction of sp³-hybridized carbons (Fsp3) is 0.500. The Morgan fingerprint density at radius 2 is 2.22 bits per heavy atom. The van der Waals surface area contributed by atoms with Gasteiger partial charge in [-0.2, -0.15) is 0 Å². The second-order valence-corrected chi connectivity index (χ2v) is 5.41. The summed E-state index contributed by atoms with van der Waals surface area (Å²) in [4.78, 5) is 13.4. The molecule has 1 aliphatic rings. The molecule has 1 N–H and O–H groups in total. The zero-order chi connectivity index (χ0) is 13.3. The number of piperidine rings is 1. The lowest BCUT2D eigenvalue weighted by atomic mass is 9.96. The van der Waals surface area contributed by atoms with Gasteiger partial charge in [0.2, 0.25) is 0 Å². The van der Waals surface area contributed by atoms with Crippen molar-refractivity contribution in [3.63, 3.8) is 0 Å². The number of hydrogen-bond donors (Lipinski definition) is 1. The number of halogens is 1. The van der Waals surface area contributed by atoms with Crippen LogP contribution in [0.5, 0.6) is 0 Å². The highest BCUT2D eigenvalue weighted by Gasteiger charge is 2.25. The predicted molar refractivity (Wildman–Crippen MR) is 73.5 cm³/mol. The maximum Gasteiger partial charge on any atom is 0.159 e. The van der Waals surface area contributed by atoms with Crippen LogP contribution >= 0.6 is 11.6 Å². The van der Waals surface area contributed by atoms with Crippen LogP contribution in [0.3, 0.4) is 0 Å². The van der Waals surface area contributed by atoms with Gasteiger partial charge >= 0.3 is 0 Å². The van der Waals surface area contributed by atoms with E-state index >= 15 is 0 Å². The molecule has 2 rings (SSSR count). The predicted octanol–water partition coefficient (Wildman–Crippen LogP) is 2.75. The average Bonchev–Trinajstić information content (AvgIpc) is 2.32. The number of benzene rings is 1. The zero-order valence-corrected chi connectivity index (χ0v) is 11.4. The van der Waals surface area contributed by atoms with Crippen LogP contribution in [0, 0.1) is 5.92 Å². The minimum absolute atomic E-state index is 0.0193. The van der Waals surface area contributed by atoms with E-state index in [1.807, 2.05) is 13.0 Å². The largest absolute Gasteiger partial charge is 0.393 e. The monoisotopic (exact) mass is 267 g/mol. The van der Waals surface area contributed by atoms with Crippen LogP contribution in [-0.4, -0.2) is 30.1 Å². The van der Waals surface area contributed by atoms with Gasteiger partial charge < -0.3 is 10.0 Å². The molecule has 2 atom stereocenters. The summed E-state index contributed by atoms with van der Waals surface area (Å²) in [5.74, 6) is 0.258. The number of Topliss-reactive ketones (excluding diaryl/α,β-unsaturated/α-hetero) is 1. The number of nitrogens with zero attached hydrogens (tertiary/aromatic N) is 1. The summed E-state index contributed by atoms with van der Waals surface area (Å²) in [7, 11) is 0. The second kappa shape index (κ2) is 5.29. The van der Waals surface area contributed by atoms with Gasteiger partial charge in [-0.05, 0) is 37.5 Å². The van der Waals surface area contributed by atoms with E-state index in [-0.39, 0.29) is 17.8 Å². The van der Waals surface area contributed by atoms with Gasteiger partial charge in [-0.1, -0.05) is 18.5 Å². The lowest BCUT2D eigenvalue weighted by molar-refractivity contribution is 0.0971. The molecular weight excluding hydrogens is 250 g/mol. The van der Waals surface area contributed by atoms with E-state index in [2.05, 4.69) is 4.90 Å². The number of rotatable bonds is 2. The Kier molecular flexibility index (Phi) is 3.93. The van der Waals surface area contributed by atoms with Gasteiger partial charge in [0.1, 0.15) is 0 Å². The summed E-state index contributed by atoms with van der Waals surface area (Å²) in [6.07, 6.45) is 0.530. The molecule has 0 saturated carbocycles. The highest BCUT2D eigenvalue weighted by atomic mass is 35.5. The van der Waals surface area contributed by atoms with E-state index in [1.165, 1.54) is 6.92 Å². The number of carbonyl (C=O) groups excluding carboxylic acids is 1. The number of hydrogen-bond acceptors (Lipinski definition) is 3. The third-order valence-electron chi connectivity index (χ3n) is 3.55. The summed E-state index contributed by atoms with van der Waals surface area (Å²) >= 11 is 6.23. The van der Waals surface area contributed by atoms with Crippen molar-refractivity contribution in [3.8, 4) is 0 Å². The molecule has 0 aromatic heterocycles. The molecule has 2 unspecified atom stereocenters. The Bertz CT molecular complexity index is 461. The maximum absolute atomic E-state index is 11.3. The fourth-order valence-electron chi connectivity index (χ4n) is 2.33. The molecule has 0 radical (unpaired) electrons. The van der Waals surface area contributed by atoms with Gasteiger partial charge in [0.15, 0.2) is 5.78 Å². The first kappa shape index (κ1) is 13.4. The van der Waals surface area contributed by atoms with Crippen LogP contribution in [0.15, 0.2) is 18.2 Å². The molecular formula is C14H18ClNO2. The number of aliphatic hydroxyl groups is 1. The van der Waals surface area contributed by atoms with E-state index in [0.29, 0.717) is 10.6 Å². The van der Waals surface area contributed by atoms with E-state index in [0.717, 1.165) is 25.2 Å². The van der Waals surface area contributed by atoms with Crippen LogP contribution in [0.4, 0.5) is 5.69 Å². The van der Waals surface area contributed by atoms with Crippen molar-refractivity contribution in [2.75, 3.05) is 18.0 Å². The number of ketones is 1. The second-order valence-electron chi connectivity index (χ2n) is 5.00. The summed E-state index contributed by atoms with van der Waals surface area (Å²) < 4.78 is 0. The lowest BCUT2D eigenvalue weighted by Gasteiger charge is -2.36. The van der Waals surface area contributed by atoms with Crippen LogP contribution < -0.4 is 4.90 Å². The molecule has 4 heteroatoms. The normalized spacial score (nSPS) is 24.1. The van der Waals surface area contributed by atoms with Crippen molar-refractivity contribution < 1.29 is 9.90 Å². The Morgan fingerprint density at radius 3 is 2.78 bits per heavy atom. The Labute approximate surface area is 112 Å². The first-order chi connectivity index (χ1) is 8.49. The van der Waals surface area contributed by atoms with Crippen LogP contribution in [0.25, 0.3) is 0 Å². The number of aliphatic hydroxyl groups excluding tert-OH is 1.